The highest BCUT2D eigenvalue weighted by Crippen LogP contribution is 2.36. The molecule has 1 N–H and O–H groups in total. The summed E-state index contributed by atoms with van der Waals surface area (Å²) in [6.07, 6.45) is -1.67. The number of anilines is 4. The molecule has 1 fully saturated rings. The number of hydrogen-bond acceptors (Lipinski definition) is 5. The van der Waals surface area contributed by atoms with E-state index in [1.807, 2.05) is 18.0 Å². The van der Waals surface area contributed by atoms with Crippen LogP contribution in [0.2, 0.25) is 0 Å². The maximum atomic E-state index is 13.2. The molecule has 3 aromatic rings. The number of benzene rings is 1. The van der Waals surface area contributed by atoms with Gasteiger partial charge in [-0.05, 0) is 36.8 Å². The molecule has 5 rings (SSSR count). The number of amides is 2. The van der Waals surface area contributed by atoms with Crippen LogP contribution in [-0.4, -0.2) is 49.2 Å². The summed E-state index contributed by atoms with van der Waals surface area (Å²) in [5.74, 6) is 1.21. The van der Waals surface area contributed by atoms with Crippen molar-refractivity contribution in [2.24, 2.45) is 0 Å². The molecule has 34 heavy (non-hydrogen) atoms. The lowest BCUT2D eigenvalue weighted by Crippen LogP contribution is -2.45. The minimum Gasteiger partial charge on any atom is -0.370 e. The van der Waals surface area contributed by atoms with Crippen molar-refractivity contribution < 1.29 is 18.0 Å². The molecule has 0 spiro atoms. The highest BCUT2D eigenvalue weighted by Gasteiger charge is 2.31. The number of halogens is 3. The van der Waals surface area contributed by atoms with Gasteiger partial charge in [0.2, 0.25) is 0 Å². The Morgan fingerprint density at radius 2 is 1.85 bits per heavy atom. The van der Waals surface area contributed by atoms with Crippen molar-refractivity contribution in [1.29, 1.82) is 0 Å². The number of nitrogens with one attached hydrogen (secondary N) is 1. The molecule has 10 heteroatoms. The summed E-state index contributed by atoms with van der Waals surface area (Å²) >= 11 is 0. The Morgan fingerprint density at radius 1 is 1.03 bits per heavy atom. The van der Waals surface area contributed by atoms with Crippen molar-refractivity contribution in [2.45, 2.75) is 12.6 Å². The van der Waals surface area contributed by atoms with E-state index in [1.54, 1.807) is 30.5 Å². The maximum absolute atomic E-state index is 13.2. The van der Waals surface area contributed by atoms with Crippen LogP contribution in [0.25, 0.3) is 11.3 Å². The van der Waals surface area contributed by atoms with Crippen molar-refractivity contribution in [1.82, 2.24) is 9.97 Å². The van der Waals surface area contributed by atoms with E-state index in [0.717, 1.165) is 43.1 Å². The highest BCUT2D eigenvalue weighted by molar-refractivity contribution is 6.04. The van der Waals surface area contributed by atoms with E-state index < -0.39 is 11.7 Å². The van der Waals surface area contributed by atoms with Gasteiger partial charge in [0.05, 0.1) is 16.9 Å². The van der Waals surface area contributed by atoms with Gasteiger partial charge in [0.15, 0.2) is 5.82 Å². The van der Waals surface area contributed by atoms with Crippen LogP contribution in [0.1, 0.15) is 12.0 Å². The first kappa shape index (κ1) is 22.0. The fourth-order valence-corrected chi connectivity index (χ4v) is 4.03. The molecule has 0 saturated carbocycles. The number of nitrogens with zero attached hydrogens (tertiary/aromatic N) is 5. The van der Waals surface area contributed by atoms with Crippen LogP contribution in [-0.2, 0) is 6.18 Å². The number of aromatic nitrogens is 2. The van der Waals surface area contributed by atoms with Crippen LogP contribution in [0.5, 0.6) is 0 Å². The summed E-state index contributed by atoms with van der Waals surface area (Å²) in [4.78, 5) is 27.8. The Balaban J connectivity index is 1.44. The van der Waals surface area contributed by atoms with Crippen LogP contribution < -0.4 is 20.0 Å². The Labute approximate surface area is 194 Å². The molecule has 0 bridgehead atoms. The van der Waals surface area contributed by atoms with Crippen molar-refractivity contribution in [2.75, 3.05) is 53.2 Å². The number of pyridine rings is 2. The fraction of sp³-hybridized carbons (Fsp3) is 0.292. The van der Waals surface area contributed by atoms with E-state index in [-0.39, 0.29) is 6.03 Å². The van der Waals surface area contributed by atoms with Gasteiger partial charge in [-0.15, -0.1) is 0 Å². The first-order valence-corrected chi connectivity index (χ1v) is 11.0. The van der Waals surface area contributed by atoms with Crippen LogP contribution in [0, 0.1) is 0 Å². The van der Waals surface area contributed by atoms with Crippen LogP contribution in [0.15, 0.2) is 54.7 Å². The van der Waals surface area contributed by atoms with Gasteiger partial charge >= 0.3 is 12.2 Å². The minimum absolute atomic E-state index is 0.333. The quantitative estimate of drug-likeness (QED) is 0.595. The van der Waals surface area contributed by atoms with E-state index in [9.17, 15) is 18.0 Å². The van der Waals surface area contributed by atoms with Gasteiger partial charge in [0.25, 0.3) is 0 Å². The fourth-order valence-electron chi connectivity index (χ4n) is 4.03. The van der Waals surface area contributed by atoms with E-state index in [4.69, 9.17) is 0 Å². The summed E-state index contributed by atoms with van der Waals surface area (Å²) in [5, 5.41) is 2.91. The van der Waals surface area contributed by atoms with Gasteiger partial charge in [-0.2, -0.15) is 13.2 Å². The van der Waals surface area contributed by atoms with E-state index in [0.29, 0.717) is 35.9 Å². The van der Waals surface area contributed by atoms with Gasteiger partial charge in [0, 0.05) is 56.7 Å². The minimum atomic E-state index is -4.45. The molecule has 0 unspecified atom stereocenters. The van der Waals surface area contributed by atoms with Crippen LogP contribution in [0.3, 0.4) is 0 Å². The molecule has 2 aliphatic heterocycles. The normalized spacial score (nSPS) is 15.6. The molecule has 2 aromatic heterocycles. The SMILES string of the molecule is CN1CCN(C(=O)Nc2ccnc(N3CCC3)c2)c2nc(-c3cccc(C(F)(F)F)c3)ccc21. The summed E-state index contributed by atoms with van der Waals surface area (Å²) in [5.41, 5.74) is 1.30. The summed E-state index contributed by atoms with van der Waals surface area (Å²) in [6, 6.07) is 11.7. The van der Waals surface area contributed by atoms with Gasteiger partial charge in [-0.3, -0.25) is 4.90 Å². The van der Waals surface area contributed by atoms with Gasteiger partial charge in [-0.25, -0.2) is 14.8 Å². The molecule has 2 aliphatic rings. The predicted molar refractivity (Wildman–Crippen MR) is 125 cm³/mol. The largest absolute Gasteiger partial charge is 0.416 e. The lowest BCUT2D eigenvalue weighted by Gasteiger charge is -2.35. The Bertz CT molecular complexity index is 1230. The summed E-state index contributed by atoms with van der Waals surface area (Å²) in [7, 11) is 1.89. The Hall–Kier alpha value is -3.82. The molecule has 4 heterocycles. The number of alkyl halides is 3. The second-order valence-electron chi connectivity index (χ2n) is 8.36. The number of likely N-dealkylation sites (N-methyl/N-ethyl adjacent to an activating group) is 1. The smallest absolute Gasteiger partial charge is 0.370 e. The third kappa shape index (κ3) is 4.23. The average Bonchev–Trinajstić information content (AvgIpc) is 2.78. The molecular weight excluding hydrogens is 445 g/mol. The molecule has 0 aliphatic carbocycles. The van der Waals surface area contributed by atoms with Crippen molar-refractivity contribution in [3.8, 4) is 11.3 Å². The highest BCUT2D eigenvalue weighted by atomic mass is 19.4. The monoisotopic (exact) mass is 468 g/mol. The first-order valence-electron chi connectivity index (χ1n) is 11.0. The van der Waals surface area contributed by atoms with Gasteiger partial charge < -0.3 is 15.1 Å². The molecule has 176 valence electrons. The number of carbonyl (C=O) groups excluding carboxylic acids is 1. The Morgan fingerprint density at radius 3 is 2.59 bits per heavy atom. The number of rotatable bonds is 3. The van der Waals surface area contributed by atoms with Crippen molar-refractivity contribution in [3.63, 3.8) is 0 Å². The predicted octanol–water partition coefficient (Wildman–Crippen LogP) is 4.86. The molecule has 0 radical (unpaired) electrons. The lowest BCUT2D eigenvalue weighted by molar-refractivity contribution is -0.137. The molecule has 2 amide bonds. The summed E-state index contributed by atoms with van der Waals surface area (Å²) in [6.45, 7) is 2.87. The topological polar surface area (TPSA) is 64.6 Å². The van der Waals surface area contributed by atoms with Crippen molar-refractivity contribution >= 4 is 29.0 Å². The molecule has 0 atom stereocenters. The van der Waals surface area contributed by atoms with Crippen LogP contribution >= 0.6 is 0 Å². The second kappa shape index (κ2) is 8.51. The van der Waals surface area contributed by atoms with E-state index in [1.165, 1.54) is 11.0 Å². The molecular formula is C24H23F3N6O. The number of urea groups is 1. The number of carbonyl (C=O) groups is 1. The zero-order valence-electron chi connectivity index (χ0n) is 18.5. The maximum Gasteiger partial charge on any atom is 0.416 e. The number of fused-ring (bicyclic) bond motifs is 1. The Kier molecular flexibility index (Phi) is 5.51. The van der Waals surface area contributed by atoms with Crippen molar-refractivity contribution in [3.05, 3.63) is 60.3 Å². The van der Waals surface area contributed by atoms with Crippen LogP contribution in [0.4, 0.5) is 41.0 Å². The molecule has 1 saturated heterocycles. The zero-order valence-corrected chi connectivity index (χ0v) is 18.5. The van der Waals surface area contributed by atoms with E-state index in [2.05, 4.69) is 20.2 Å². The third-order valence-electron chi connectivity index (χ3n) is 6.09. The third-order valence-corrected chi connectivity index (χ3v) is 6.09. The van der Waals surface area contributed by atoms with Gasteiger partial charge in [0.1, 0.15) is 5.82 Å². The van der Waals surface area contributed by atoms with E-state index >= 15 is 0 Å². The first-order chi connectivity index (χ1) is 16.3. The number of hydrogen-bond donors (Lipinski definition) is 1. The van der Waals surface area contributed by atoms with Gasteiger partial charge in [-0.1, -0.05) is 12.1 Å². The lowest BCUT2D eigenvalue weighted by atomic mass is 10.1. The standard InChI is InChI=1S/C24H23F3N6O/c1-31-12-13-33(23(34)29-18-8-9-28-21(15-18)32-10-3-11-32)22-20(31)7-6-19(30-22)16-4-2-5-17(14-16)24(25,26)27/h2,4-9,14-15H,3,10-13H2,1H3,(H,28,29,34). The zero-order chi connectivity index (χ0) is 23.9. The average molecular weight is 468 g/mol. The second-order valence-corrected chi connectivity index (χ2v) is 8.36. The summed E-state index contributed by atoms with van der Waals surface area (Å²) < 4.78 is 39.6. The molecule has 1 aromatic carbocycles. The molecule has 7 nitrogen and oxygen atoms in total.